The summed E-state index contributed by atoms with van der Waals surface area (Å²) < 4.78 is 0. The van der Waals surface area contributed by atoms with Crippen LogP contribution >= 0.6 is 0 Å². The normalized spacial score (nSPS) is 13.1. The third-order valence-electron chi connectivity index (χ3n) is 4.87. The molecule has 128 valence electrons. The number of nitrogens with zero attached hydrogens (tertiary/aromatic N) is 1. The van der Waals surface area contributed by atoms with Crippen molar-refractivity contribution in [3.8, 4) is 0 Å². The minimum Gasteiger partial charge on any atom is -0.297 e. The molecular formula is C23H31N. The van der Waals surface area contributed by atoms with Crippen LogP contribution in [0.5, 0.6) is 0 Å². The van der Waals surface area contributed by atoms with Crippen molar-refractivity contribution in [3.05, 3.63) is 70.8 Å². The van der Waals surface area contributed by atoms with E-state index in [4.69, 9.17) is 0 Å². The van der Waals surface area contributed by atoms with Gasteiger partial charge in [0.05, 0.1) is 0 Å². The average Bonchev–Trinajstić information content (AvgIpc) is 2.61. The highest BCUT2D eigenvalue weighted by atomic mass is 14.7. The van der Waals surface area contributed by atoms with Crippen LogP contribution in [0.4, 0.5) is 0 Å². The Morgan fingerprint density at radius 3 is 2.33 bits per heavy atom. The summed E-state index contributed by atoms with van der Waals surface area (Å²) in [7, 11) is 1.91. The molecule has 1 nitrogen and oxygen atoms in total. The van der Waals surface area contributed by atoms with E-state index in [1.165, 1.54) is 47.2 Å². The van der Waals surface area contributed by atoms with Crippen LogP contribution in [0.25, 0.3) is 0 Å². The van der Waals surface area contributed by atoms with Gasteiger partial charge in [-0.05, 0) is 49.8 Å². The molecule has 2 rings (SSSR count). The first-order chi connectivity index (χ1) is 11.6. The lowest BCUT2D eigenvalue weighted by atomic mass is 9.89. The first-order valence-corrected chi connectivity index (χ1v) is 9.21. The lowest BCUT2D eigenvalue weighted by Crippen LogP contribution is -2.09. The van der Waals surface area contributed by atoms with E-state index < -0.39 is 0 Å². The van der Waals surface area contributed by atoms with Gasteiger partial charge in [-0.3, -0.25) is 4.99 Å². The number of rotatable bonds is 8. The van der Waals surface area contributed by atoms with Crippen molar-refractivity contribution in [2.24, 2.45) is 4.99 Å². The van der Waals surface area contributed by atoms with Crippen LogP contribution in [-0.2, 0) is 12.8 Å². The smallest absolute Gasteiger partial charge is 0.0276 e. The Bertz CT molecular complexity index is 652. The van der Waals surface area contributed by atoms with Crippen molar-refractivity contribution < 1.29 is 0 Å². The second-order valence-corrected chi connectivity index (χ2v) is 6.79. The molecule has 0 heterocycles. The monoisotopic (exact) mass is 321 g/mol. The Balaban J connectivity index is 2.03. The van der Waals surface area contributed by atoms with Crippen molar-refractivity contribution in [1.29, 1.82) is 0 Å². The average molecular weight is 322 g/mol. The minimum absolute atomic E-state index is 0.473. The Labute approximate surface area is 147 Å². The van der Waals surface area contributed by atoms with E-state index in [0.717, 1.165) is 12.8 Å². The zero-order valence-corrected chi connectivity index (χ0v) is 15.7. The third kappa shape index (κ3) is 5.33. The lowest BCUT2D eigenvalue weighted by Gasteiger charge is -2.17. The summed E-state index contributed by atoms with van der Waals surface area (Å²) in [4.78, 5) is 4.44. The zero-order chi connectivity index (χ0) is 17.4. The van der Waals surface area contributed by atoms with Gasteiger partial charge in [0.15, 0.2) is 0 Å². The Morgan fingerprint density at radius 2 is 1.71 bits per heavy atom. The van der Waals surface area contributed by atoms with Crippen LogP contribution in [0, 0.1) is 6.92 Å². The maximum Gasteiger partial charge on any atom is 0.0276 e. The molecule has 0 aliphatic rings. The molecular weight excluding hydrogens is 290 g/mol. The Hall–Kier alpha value is -1.89. The van der Waals surface area contributed by atoms with Gasteiger partial charge in [0.2, 0.25) is 0 Å². The molecule has 0 radical (unpaired) electrons. The van der Waals surface area contributed by atoms with Crippen molar-refractivity contribution in [2.75, 3.05) is 7.05 Å². The van der Waals surface area contributed by atoms with Crippen LogP contribution in [0.15, 0.2) is 53.5 Å². The van der Waals surface area contributed by atoms with Crippen LogP contribution in [0.3, 0.4) is 0 Å². The number of aryl methyl sites for hydroxylation is 3. The van der Waals surface area contributed by atoms with Crippen molar-refractivity contribution in [1.82, 2.24) is 0 Å². The molecule has 1 heteroatoms. The highest BCUT2D eigenvalue weighted by Crippen LogP contribution is 2.24. The summed E-state index contributed by atoms with van der Waals surface area (Å²) >= 11 is 0. The molecule has 0 fully saturated rings. The molecule has 0 amide bonds. The molecule has 1 atom stereocenters. The number of unbranched alkanes of at least 4 members (excludes halogenated alkanes) is 1. The maximum atomic E-state index is 4.44. The highest BCUT2D eigenvalue weighted by molar-refractivity contribution is 5.88. The van der Waals surface area contributed by atoms with Gasteiger partial charge in [-0.1, -0.05) is 73.9 Å². The number of hydrogen-bond donors (Lipinski definition) is 0. The molecule has 0 bridgehead atoms. The van der Waals surface area contributed by atoms with Gasteiger partial charge in [-0.15, -0.1) is 0 Å². The van der Waals surface area contributed by atoms with E-state index in [-0.39, 0.29) is 0 Å². The van der Waals surface area contributed by atoms with Gasteiger partial charge in [0.1, 0.15) is 0 Å². The van der Waals surface area contributed by atoms with Gasteiger partial charge in [0.25, 0.3) is 0 Å². The predicted molar refractivity (Wildman–Crippen MR) is 106 cm³/mol. The van der Waals surface area contributed by atoms with Crippen LogP contribution < -0.4 is 0 Å². The first kappa shape index (κ1) is 18.4. The van der Waals surface area contributed by atoms with Crippen LogP contribution in [0.2, 0.25) is 0 Å². The summed E-state index contributed by atoms with van der Waals surface area (Å²) in [6.07, 6.45) is 5.90. The van der Waals surface area contributed by atoms with Gasteiger partial charge >= 0.3 is 0 Å². The fourth-order valence-electron chi connectivity index (χ4n) is 3.25. The lowest BCUT2D eigenvalue weighted by molar-refractivity contribution is 0.681. The molecule has 2 aromatic rings. The number of aliphatic imine (C=N–C) groups is 1. The molecule has 2 aromatic carbocycles. The SMILES string of the molecule is CCCCC(C(C)=NC)c1ccc(CCc2cccc(C)c2)cc1. The maximum absolute atomic E-state index is 4.44. The molecule has 0 spiro atoms. The molecule has 0 saturated heterocycles. The Kier molecular flexibility index (Phi) is 7.24. The molecule has 0 aliphatic heterocycles. The van der Waals surface area contributed by atoms with Crippen LogP contribution in [0.1, 0.15) is 61.3 Å². The molecule has 0 aromatic heterocycles. The summed E-state index contributed by atoms with van der Waals surface area (Å²) in [5, 5.41) is 0. The van der Waals surface area contributed by atoms with E-state index in [2.05, 4.69) is 74.3 Å². The molecule has 0 aliphatic carbocycles. The fourth-order valence-corrected chi connectivity index (χ4v) is 3.25. The van der Waals surface area contributed by atoms with Crippen molar-refractivity contribution in [3.63, 3.8) is 0 Å². The Morgan fingerprint density at radius 1 is 1.00 bits per heavy atom. The first-order valence-electron chi connectivity index (χ1n) is 9.21. The second kappa shape index (κ2) is 9.42. The fraction of sp³-hybridized carbons (Fsp3) is 0.435. The summed E-state index contributed by atoms with van der Waals surface area (Å²) in [6, 6.07) is 18.0. The third-order valence-corrected chi connectivity index (χ3v) is 4.87. The minimum atomic E-state index is 0.473. The topological polar surface area (TPSA) is 12.4 Å². The summed E-state index contributed by atoms with van der Waals surface area (Å²) in [5.41, 5.74) is 6.84. The van der Waals surface area contributed by atoms with E-state index in [1.807, 2.05) is 7.05 Å². The molecule has 0 saturated carbocycles. The van der Waals surface area contributed by atoms with Gasteiger partial charge in [0, 0.05) is 18.7 Å². The van der Waals surface area contributed by atoms with Crippen molar-refractivity contribution >= 4 is 5.71 Å². The molecule has 24 heavy (non-hydrogen) atoms. The molecule has 1 unspecified atom stereocenters. The van der Waals surface area contributed by atoms with E-state index in [1.54, 1.807) is 0 Å². The molecule has 0 N–H and O–H groups in total. The van der Waals surface area contributed by atoms with Crippen molar-refractivity contribution in [2.45, 2.75) is 58.8 Å². The number of hydrogen-bond acceptors (Lipinski definition) is 1. The van der Waals surface area contributed by atoms with Crippen LogP contribution in [-0.4, -0.2) is 12.8 Å². The summed E-state index contributed by atoms with van der Waals surface area (Å²) in [6.45, 7) is 6.57. The second-order valence-electron chi connectivity index (χ2n) is 6.79. The van der Waals surface area contributed by atoms with E-state index in [0.29, 0.717) is 5.92 Å². The summed E-state index contributed by atoms with van der Waals surface area (Å²) in [5.74, 6) is 0.473. The number of benzene rings is 2. The highest BCUT2D eigenvalue weighted by Gasteiger charge is 2.14. The van der Waals surface area contributed by atoms with E-state index in [9.17, 15) is 0 Å². The zero-order valence-electron chi connectivity index (χ0n) is 15.7. The quantitative estimate of drug-likeness (QED) is 0.517. The van der Waals surface area contributed by atoms with Gasteiger partial charge < -0.3 is 0 Å². The van der Waals surface area contributed by atoms with E-state index >= 15 is 0 Å². The van der Waals surface area contributed by atoms with Gasteiger partial charge in [-0.25, -0.2) is 0 Å². The standard InChI is InChI=1S/C23H31N/c1-5-6-10-23(19(3)24-4)22-15-13-20(14-16-22)11-12-21-9-7-8-18(2)17-21/h7-9,13-17,23H,5-6,10-12H2,1-4H3. The largest absolute Gasteiger partial charge is 0.297 e. The predicted octanol–water partition coefficient (Wildman–Crippen LogP) is 6.14. The van der Waals surface area contributed by atoms with Gasteiger partial charge in [-0.2, -0.15) is 0 Å².